The monoisotopic (exact) mass is 602 g/mol. The predicted octanol–water partition coefficient (Wildman–Crippen LogP) is 7.29. The highest BCUT2D eigenvalue weighted by atomic mass is 79.9. The Morgan fingerprint density at radius 2 is 1.56 bits per heavy atom. The van der Waals surface area contributed by atoms with E-state index in [1.54, 1.807) is 0 Å². The van der Waals surface area contributed by atoms with Gasteiger partial charge in [0, 0.05) is 10.2 Å². The van der Waals surface area contributed by atoms with Crippen molar-refractivity contribution in [3.05, 3.63) is 101 Å². The van der Waals surface area contributed by atoms with Crippen LogP contribution in [0, 0.1) is 5.92 Å². The van der Waals surface area contributed by atoms with Crippen molar-refractivity contribution in [2.75, 3.05) is 18.1 Å². The molecule has 3 aromatic carbocycles. The topological polar surface area (TPSA) is 34.1 Å². The lowest BCUT2D eigenvalue weighted by Crippen LogP contribution is -2.68. The van der Waals surface area contributed by atoms with E-state index in [2.05, 4.69) is 141 Å². The van der Waals surface area contributed by atoms with E-state index in [9.17, 15) is 0 Å². The fourth-order valence-electron chi connectivity index (χ4n) is 5.54. The Balaban J connectivity index is 1.57. The molecular formula is C33H39BrN2O2Si. The molecular weight excluding hydrogens is 564 g/mol. The first-order valence-corrected chi connectivity index (χ1v) is 16.5. The van der Waals surface area contributed by atoms with E-state index in [4.69, 9.17) is 14.2 Å². The molecule has 1 saturated carbocycles. The van der Waals surface area contributed by atoms with Crippen LogP contribution in [-0.2, 0) is 9.16 Å². The van der Waals surface area contributed by atoms with Crippen LogP contribution in [0.15, 0.2) is 106 Å². The molecule has 0 spiro atoms. The Kier molecular flexibility index (Phi) is 7.91. The number of aliphatic imine (C=N–C) groups is 1. The quantitative estimate of drug-likeness (QED) is 0.241. The summed E-state index contributed by atoms with van der Waals surface area (Å²) < 4.78 is 14.7. The van der Waals surface area contributed by atoms with Crippen molar-refractivity contribution in [3.8, 4) is 0 Å². The molecule has 0 aromatic heterocycles. The lowest BCUT2D eigenvalue weighted by atomic mass is 10.1. The van der Waals surface area contributed by atoms with E-state index in [-0.39, 0.29) is 5.04 Å². The Bertz CT molecular complexity index is 1310. The van der Waals surface area contributed by atoms with Gasteiger partial charge in [-0.15, -0.1) is 0 Å². The van der Waals surface area contributed by atoms with Crippen LogP contribution < -0.4 is 15.3 Å². The number of halogens is 1. The van der Waals surface area contributed by atoms with E-state index in [0.29, 0.717) is 12.5 Å². The molecule has 204 valence electrons. The summed E-state index contributed by atoms with van der Waals surface area (Å²) in [6.07, 6.45) is 4.63. The van der Waals surface area contributed by atoms with E-state index in [1.807, 2.05) is 6.07 Å². The van der Waals surface area contributed by atoms with Crippen molar-refractivity contribution in [1.82, 2.24) is 0 Å². The summed E-state index contributed by atoms with van der Waals surface area (Å²) in [4.78, 5) is 7.51. The van der Waals surface area contributed by atoms with Crippen molar-refractivity contribution in [1.29, 1.82) is 0 Å². The number of ether oxygens (including phenoxy) is 1. The van der Waals surface area contributed by atoms with Crippen molar-refractivity contribution in [2.24, 2.45) is 10.9 Å². The van der Waals surface area contributed by atoms with Gasteiger partial charge in [0.2, 0.25) is 0 Å². The fraction of sp³-hybridized carbons (Fsp3) is 0.364. The number of nitrogens with zero attached hydrogens (tertiary/aromatic N) is 2. The summed E-state index contributed by atoms with van der Waals surface area (Å²) >= 11 is 3.67. The molecule has 39 heavy (non-hydrogen) atoms. The Labute approximate surface area is 243 Å². The van der Waals surface area contributed by atoms with Gasteiger partial charge in [-0.05, 0) is 66.2 Å². The molecule has 0 saturated heterocycles. The number of anilines is 1. The number of rotatable bonds is 9. The number of allylic oxidation sites excluding steroid dienone is 1. The SMILES string of the molecule is CC1=NC(C)(CO[Si](c2ccccc2)(c2ccccc2)C(C)(C)C)N(c2cccc(Br)c2)C=C1OCC1CC1. The van der Waals surface area contributed by atoms with Crippen LogP contribution in [0.5, 0.6) is 0 Å². The van der Waals surface area contributed by atoms with Crippen molar-refractivity contribution >= 4 is 46.0 Å². The van der Waals surface area contributed by atoms with E-state index in [0.717, 1.165) is 28.2 Å². The molecule has 1 atom stereocenters. The predicted molar refractivity (Wildman–Crippen MR) is 168 cm³/mol. The Hall–Kier alpha value is -2.67. The van der Waals surface area contributed by atoms with E-state index >= 15 is 0 Å². The Morgan fingerprint density at radius 3 is 2.10 bits per heavy atom. The highest BCUT2D eigenvalue weighted by Crippen LogP contribution is 2.40. The average molecular weight is 604 g/mol. The molecule has 5 rings (SSSR count). The van der Waals surface area contributed by atoms with Gasteiger partial charge in [-0.1, -0.05) is 103 Å². The van der Waals surface area contributed by atoms with Crippen molar-refractivity contribution in [2.45, 2.75) is 58.2 Å². The molecule has 0 amide bonds. The van der Waals surface area contributed by atoms with Gasteiger partial charge < -0.3 is 14.1 Å². The normalized spacial score (nSPS) is 19.9. The van der Waals surface area contributed by atoms with Gasteiger partial charge in [0.05, 0.1) is 25.1 Å². The number of hydrogen-bond acceptors (Lipinski definition) is 4. The highest BCUT2D eigenvalue weighted by molar-refractivity contribution is 9.10. The first-order valence-electron chi connectivity index (χ1n) is 13.8. The molecule has 0 N–H and O–H groups in total. The highest BCUT2D eigenvalue weighted by Gasteiger charge is 2.52. The summed E-state index contributed by atoms with van der Waals surface area (Å²) in [6, 6.07) is 30.0. The molecule has 0 bridgehead atoms. The zero-order chi connectivity index (χ0) is 27.7. The zero-order valence-electron chi connectivity index (χ0n) is 23.7. The maximum absolute atomic E-state index is 7.39. The van der Waals surface area contributed by atoms with Gasteiger partial charge in [0.15, 0.2) is 11.4 Å². The molecule has 6 heteroatoms. The second-order valence-electron chi connectivity index (χ2n) is 12.0. The molecule has 3 aromatic rings. The first-order chi connectivity index (χ1) is 18.6. The van der Waals surface area contributed by atoms with Crippen molar-refractivity contribution < 1.29 is 9.16 Å². The van der Waals surface area contributed by atoms with Crippen LogP contribution in [0.1, 0.15) is 47.5 Å². The maximum Gasteiger partial charge on any atom is 0.261 e. The van der Waals surface area contributed by atoms with Gasteiger partial charge in [0.1, 0.15) is 0 Å². The molecule has 1 heterocycles. The summed E-state index contributed by atoms with van der Waals surface area (Å²) in [6.45, 7) is 12.3. The summed E-state index contributed by atoms with van der Waals surface area (Å²) in [5.74, 6) is 1.51. The minimum atomic E-state index is -2.74. The molecule has 1 aliphatic heterocycles. The van der Waals surface area contributed by atoms with Gasteiger partial charge in [0.25, 0.3) is 8.32 Å². The smallest absolute Gasteiger partial charge is 0.261 e. The maximum atomic E-state index is 7.39. The second-order valence-corrected chi connectivity index (χ2v) is 17.2. The fourth-order valence-corrected chi connectivity index (χ4v) is 10.6. The summed E-state index contributed by atoms with van der Waals surface area (Å²) in [5, 5.41) is 2.41. The third-order valence-corrected chi connectivity index (χ3v) is 13.2. The van der Waals surface area contributed by atoms with E-state index < -0.39 is 14.0 Å². The summed E-state index contributed by atoms with van der Waals surface area (Å²) in [7, 11) is -2.74. The largest absolute Gasteiger partial charge is 0.490 e. The van der Waals surface area contributed by atoms with Crippen LogP contribution in [0.25, 0.3) is 0 Å². The molecule has 0 radical (unpaired) electrons. The van der Waals surface area contributed by atoms with Crippen LogP contribution in [-0.4, -0.2) is 32.9 Å². The van der Waals surface area contributed by atoms with Crippen LogP contribution >= 0.6 is 15.9 Å². The average Bonchev–Trinajstić information content (AvgIpc) is 3.74. The minimum Gasteiger partial charge on any atom is -0.490 e. The van der Waals surface area contributed by atoms with Crippen LogP contribution in [0.4, 0.5) is 5.69 Å². The zero-order valence-corrected chi connectivity index (χ0v) is 26.2. The lowest BCUT2D eigenvalue weighted by Gasteiger charge is -2.47. The lowest BCUT2D eigenvalue weighted by molar-refractivity contribution is 0.197. The minimum absolute atomic E-state index is 0.117. The van der Waals surface area contributed by atoms with E-state index in [1.165, 1.54) is 23.2 Å². The third-order valence-electron chi connectivity index (χ3n) is 7.77. The van der Waals surface area contributed by atoms with Crippen LogP contribution in [0.2, 0.25) is 5.04 Å². The van der Waals surface area contributed by atoms with Gasteiger partial charge in [-0.2, -0.15) is 0 Å². The third kappa shape index (κ3) is 5.79. The first kappa shape index (κ1) is 27.9. The molecule has 1 fully saturated rings. The standard InChI is InChI=1S/C33H39BrN2O2Si/c1-25-31(37-23-26-19-20-26)22-36(28-14-12-13-27(34)21-28)33(5,35-25)24-38-39(32(2,3)4,29-15-8-6-9-16-29)30-17-10-7-11-18-30/h6-18,21-22,26H,19-20,23-24H2,1-5H3. The second kappa shape index (κ2) is 11.1. The molecule has 1 unspecified atom stereocenters. The van der Waals surface area contributed by atoms with Gasteiger partial charge in [-0.25, -0.2) is 0 Å². The number of benzene rings is 3. The Morgan fingerprint density at radius 1 is 0.949 bits per heavy atom. The molecule has 1 aliphatic carbocycles. The summed E-state index contributed by atoms with van der Waals surface area (Å²) in [5.41, 5.74) is 1.29. The van der Waals surface area contributed by atoms with Crippen LogP contribution in [0.3, 0.4) is 0 Å². The van der Waals surface area contributed by atoms with Gasteiger partial charge >= 0.3 is 0 Å². The van der Waals surface area contributed by atoms with Crippen molar-refractivity contribution in [3.63, 3.8) is 0 Å². The molecule has 4 nitrogen and oxygen atoms in total. The molecule has 2 aliphatic rings. The number of hydrogen-bond donors (Lipinski definition) is 0. The van der Waals surface area contributed by atoms with Gasteiger partial charge in [-0.3, -0.25) is 4.99 Å².